The predicted molar refractivity (Wildman–Crippen MR) is 95.9 cm³/mol. The highest BCUT2D eigenvalue weighted by Gasteiger charge is 2.24. The fraction of sp³-hybridized carbons (Fsp3) is 0.389. The van der Waals surface area contributed by atoms with E-state index in [4.69, 9.17) is 0 Å². The van der Waals surface area contributed by atoms with Crippen LogP contribution in [0.25, 0.3) is 16.7 Å². The van der Waals surface area contributed by atoms with E-state index in [0.29, 0.717) is 12.2 Å². The van der Waals surface area contributed by atoms with Crippen molar-refractivity contribution in [2.45, 2.75) is 38.8 Å². The number of aromatic nitrogens is 5. The molecule has 1 atom stereocenters. The summed E-state index contributed by atoms with van der Waals surface area (Å²) in [5.41, 5.74) is 0.407. The van der Waals surface area contributed by atoms with Gasteiger partial charge in [-0.05, 0) is 50.5 Å². The number of piperidine rings is 1. The van der Waals surface area contributed by atoms with E-state index in [1.165, 1.54) is 35.1 Å². The monoisotopic (exact) mass is 370 g/mol. The van der Waals surface area contributed by atoms with Crippen molar-refractivity contribution in [3.8, 4) is 5.69 Å². The molecule has 1 saturated heterocycles. The normalized spacial score (nSPS) is 17.4. The summed E-state index contributed by atoms with van der Waals surface area (Å²) in [5, 5.41) is 12.4. The molecule has 140 valence electrons. The molecule has 27 heavy (non-hydrogen) atoms. The predicted octanol–water partition coefficient (Wildman–Crippen LogP) is 1.52. The Bertz CT molecular complexity index is 1040. The highest BCUT2D eigenvalue weighted by molar-refractivity contribution is 5.77. The van der Waals surface area contributed by atoms with Gasteiger partial charge in [0.25, 0.3) is 5.56 Å². The van der Waals surface area contributed by atoms with E-state index in [0.717, 1.165) is 23.9 Å². The summed E-state index contributed by atoms with van der Waals surface area (Å²) in [6.07, 6.45) is 4.44. The lowest BCUT2D eigenvalue weighted by molar-refractivity contribution is -0.135. The van der Waals surface area contributed by atoms with Gasteiger partial charge < -0.3 is 4.90 Å². The van der Waals surface area contributed by atoms with E-state index in [-0.39, 0.29) is 35.3 Å². The van der Waals surface area contributed by atoms with Gasteiger partial charge in [0.1, 0.15) is 17.7 Å². The SMILES string of the molecule is C[C@@H]1CCCCN1C(=O)Cn1nnc2c(cnn2-c2ccc(F)cc2)c1=O. The summed E-state index contributed by atoms with van der Waals surface area (Å²) in [5.74, 6) is -0.502. The Labute approximate surface area is 154 Å². The summed E-state index contributed by atoms with van der Waals surface area (Å²) in [6.45, 7) is 2.57. The first kappa shape index (κ1) is 17.3. The topological polar surface area (TPSA) is 85.9 Å². The summed E-state index contributed by atoms with van der Waals surface area (Å²) in [6, 6.07) is 5.85. The molecule has 3 heterocycles. The first-order valence-corrected chi connectivity index (χ1v) is 8.91. The molecule has 9 heteroatoms. The zero-order chi connectivity index (χ0) is 19.0. The van der Waals surface area contributed by atoms with Gasteiger partial charge in [0.05, 0.1) is 11.9 Å². The fourth-order valence-electron chi connectivity index (χ4n) is 3.43. The number of fused-ring (bicyclic) bond motifs is 1. The number of nitrogens with zero attached hydrogens (tertiary/aromatic N) is 6. The summed E-state index contributed by atoms with van der Waals surface area (Å²) in [7, 11) is 0. The van der Waals surface area contributed by atoms with Crippen molar-refractivity contribution < 1.29 is 9.18 Å². The molecule has 1 fully saturated rings. The Kier molecular flexibility index (Phi) is 4.43. The molecule has 1 aliphatic rings. The Morgan fingerprint density at radius 2 is 2.04 bits per heavy atom. The van der Waals surface area contributed by atoms with Gasteiger partial charge in [-0.1, -0.05) is 5.21 Å². The maximum absolute atomic E-state index is 13.1. The van der Waals surface area contributed by atoms with Gasteiger partial charge >= 0.3 is 0 Å². The molecule has 0 aliphatic carbocycles. The van der Waals surface area contributed by atoms with Crippen LogP contribution in [0.5, 0.6) is 0 Å². The Morgan fingerprint density at radius 1 is 1.26 bits per heavy atom. The first-order valence-electron chi connectivity index (χ1n) is 8.91. The second-order valence-corrected chi connectivity index (χ2v) is 6.75. The van der Waals surface area contributed by atoms with E-state index in [2.05, 4.69) is 15.4 Å². The third-order valence-electron chi connectivity index (χ3n) is 4.94. The molecule has 0 saturated carbocycles. The van der Waals surface area contributed by atoms with Gasteiger partial charge in [0, 0.05) is 12.6 Å². The number of carbonyl (C=O) groups excluding carboxylic acids is 1. The number of amides is 1. The third-order valence-corrected chi connectivity index (χ3v) is 4.94. The van der Waals surface area contributed by atoms with Crippen molar-refractivity contribution in [3.63, 3.8) is 0 Å². The Hall–Kier alpha value is -3.10. The highest BCUT2D eigenvalue weighted by atomic mass is 19.1. The van der Waals surface area contributed by atoms with Crippen molar-refractivity contribution in [2.75, 3.05) is 6.54 Å². The first-order chi connectivity index (χ1) is 13.0. The Balaban J connectivity index is 1.64. The van der Waals surface area contributed by atoms with Crippen molar-refractivity contribution in [1.29, 1.82) is 0 Å². The molecule has 8 nitrogen and oxygen atoms in total. The quantitative estimate of drug-likeness (QED) is 0.698. The summed E-state index contributed by atoms with van der Waals surface area (Å²) >= 11 is 0. The average Bonchev–Trinajstić information content (AvgIpc) is 3.10. The average molecular weight is 370 g/mol. The molecule has 0 unspecified atom stereocenters. The van der Waals surface area contributed by atoms with Gasteiger partial charge in [-0.25, -0.2) is 13.8 Å². The zero-order valence-electron chi connectivity index (χ0n) is 14.9. The van der Waals surface area contributed by atoms with Gasteiger partial charge in [0.15, 0.2) is 5.65 Å². The van der Waals surface area contributed by atoms with E-state index in [1.807, 2.05) is 6.92 Å². The van der Waals surface area contributed by atoms with Crippen LogP contribution in [0.15, 0.2) is 35.3 Å². The van der Waals surface area contributed by atoms with Crippen LogP contribution < -0.4 is 5.56 Å². The summed E-state index contributed by atoms with van der Waals surface area (Å²) in [4.78, 5) is 27.1. The van der Waals surface area contributed by atoms with Crippen LogP contribution in [0.2, 0.25) is 0 Å². The lowest BCUT2D eigenvalue weighted by Crippen LogP contribution is -2.45. The van der Waals surface area contributed by atoms with Crippen LogP contribution in [0.4, 0.5) is 4.39 Å². The molecule has 4 rings (SSSR count). The van der Waals surface area contributed by atoms with E-state index in [9.17, 15) is 14.0 Å². The van der Waals surface area contributed by atoms with Crippen molar-refractivity contribution >= 4 is 16.9 Å². The Morgan fingerprint density at radius 3 is 2.78 bits per heavy atom. The third kappa shape index (κ3) is 3.20. The van der Waals surface area contributed by atoms with Crippen LogP contribution in [0.3, 0.4) is 0 Å². The number of likely N-dealkylation sites (tertiary alicyclic amines) is 1. The van der Waals surface area contributed by atoms with E-state index >= 15 is 0 Å². The van der Waals surface area contributed by atoms with Gasteiger partial charge in [-0.15, -0.1) is 5.10 Å². The van der Waals surface area contributed by atoms with Crippen molar-refractivity contribution in [1.82, 2.24) is 29.7 Å². The molecule has 0 bridgehead atoms. The van der Waals surface area contributed by atoms with Gasteiger partial charge in [-0.3, -0.25) is 9.59 Å². The highest BCUT2D eigenvalue weighted by Crippen LogP contribution is 2.17. The van der Waals surface area contributed by atoms with Crippen LogP contribution in [0.1, 0.15) is 26.2 Å². The van der Waals surface area contributed by atoms with Crippen LogP contribution in [-0.2, 0) is 11.3 Å². The number of hydrogen-bond donors (Lipinski definition) is 0. The van der Waals surface area contributed by atoms with Crippen molar-refractivity contribution in [2.24, 2.45) is 0 Å². The molecule has 0 N–H and O–H groups in total. The summed E-state index contributed by atoms with van der Waals surface area (Å²) < 4.78 is 15.6. The smallest absolute Gasteiger partial charge is 0.281 e. The minimum absolute atomic E-state index is 0.135. The van der Waals surface area contributed by atoms with Crippen molar-refractivity contribution in [3.05, 3.63) is 46.6 Å². The van der Waals surface area contributed by atoms with Crippen LogP contribution in [0, 0.1) is 5.82 Å². The number of carbonyl (C=O) groups is 1. The fourth-order valence-corrected chi connectivity index (χ4v) is 3.43. The minimum atomic E-state index is -0.425. The lowest BCUT2D eigenvalue weighted by atomic mass is 10.0. The van der Waals surface area contributed by atoms with E-state index in [1.54, 1.807) is 4.90 Å². The number of rotatable bonds is 3. The maximum Gasteiger partial charge on any atom is 0.281 e. The van der Waals surface area contributed by atoms with Crippen LogP contribution in [-0.4, -0.2) is 48.2 Å². The molecule has 1 aliphatic heterocycles. The second kappa shape index (κ2) is 6.90. The molecule has 2 aromatic heterocycles. The number of benzene rings is 1. The molecule has 0 spiro atoms. The largest absolute Gasteiger partial charge is 0.338 e. The van der Waals surface area contributed by atoms with E-state index < -0.39 is 5.56 Å². The van der Waals surface area contributed by atoms with Crippen LogP contribution >= 0.6 is 0 Å². The molecular formula is C18H19FN6O2. The maximum atomic E-state index is 13.1. The minimum Gasteiger partial charge on any atom is -0.338 e. The standard InChI is InChI=1S/C18H19FN6O2/c1-12-4-2-3-9-23(12)16(26)11-24-18(27)15-10-20-25(17(15)21-22-24)14-7-5-13(19)6-8-14/h5-8,10,12H,2-4,9,11H2,1H3/t12-/m1/s1. The molecule has 0 radical (unpaired) electrons. The zero-order valence-corrected chi connectivity index (χ0v) is 14.9. The number of halogens is 1. The van der Waals surface area contributed by atoms with Gasteiger partial charge in [0.2, 0.25) is 5.91 Å². The second-order valence-electron chi connectivity index (χ2n) is 6.75. The lowest BCUT2D eigenvalue weighted by Gasteiger charge is -2.33. The van der Waals surface area contributed by atoms with Gasteiger partial charge in [-0.2, -0.15) is 5.10 Å². The molecule has 1 aromatic carbocycles. The molecule has 3 aromatic rings. The molecule has 1 amide bonds. The number of hydrogen-bond acceptors (Lipinski definition) is 5. The molecular weight excluding hydrogens is 351 g/mol.